The van der Waals surface area contributed by atoms with E-state index in [4.69, 9.17) is 9.26 Å². The van der Waals surface area contributed by atoms with Crippen LogP contribution in [0.1, 0.15) is 74.8 Å². The monoisotopic (exact) mass is 424 g/mol. The number of ether oxygens (including phenoxy) is 1. The summed E-state index contributed by atoms with van der Waals surface area (Å²) in [5.41, 5.74) is 3.41. The van der Waals surface area contributed by atoms with Crippen molar-refractivity contribution in [1.29, 1.82) is 0 Å². The third-order valence-electron chi connectivity index (χ3n) is 5.52. The van der Waals surface area contributed by atoms with Gasteiger partial charge in [-0.2, -0.15) is 4.74 Å². The summed E-state index contributed by atoms with van der Waals surface area (Å²) in [6, 6.07) is 9.15. The fraction of sp³-hybridized carbons (Fsp3) is 0.440. The van der Waals surface area contributed by atoms with Crippen molar-refractivity contribution >= 4 is 16.9 Å². The van der Waals surface area contributed by atoms with Crippen molar-refractivity contribution in [2.75, 3.05) is 0 Å². The van der Waals surface area contributed by atoms with Gasteiger partial charge in [-0.25, -0.2) is 0 Å². The highest BCUT2D eigenvalue weighted by molar-refractivity contribution is 5.84. The maximum Gasteiger partial charge on any atom is 0.290 e. The van der Waals surface area contributed by atoms with Gasteiger partial charge in [0.1, 0.15) is 5.75 Å². The Labute approximate surface area is 182 Å². The predicted octanol–water partition coefficient (Wildman–Crippen LogP) is 4.03. The average Bonchev–Trinajstić information content (AvgIpc) is 3.01. The van der Waals surface area contributed by atoms with Crippen LogP contribution in [0.25, 0.3) is 11.0 Å². The molecule has 6 heteroatoms. The van der Waals surface area contributed by atoms with Crippen LogP contribution >= 0.6 is 0 Å². The van der Waals surface area contributed by atoms with E-state index in [1.807, 2.05) is 26.0 Å². The number of aromatic nitrogens is 1. The Morgan fingerprint density at radius 2 is 1.71 bits per heavy atom. The van der Waals surface area contributed by atoms with Crippen molar-refractivity contribution in [1.82, 2.24) is 4.74 Å². The summed E-state index contributed by atoms with van der Waals surface area (Å²) in [5, 5.41) is 12.6. The molecule has 0 fully saturated rings. The van der Waals surface area contributed by atoms with Gasteiger partial charge in [-0.15, -0.1) is 0 Å². The minimum atomic E-state index is -1.31. The van der Waals surface area contributed by atoms with Gasteiger partial charge in [-0.3, -0.25) is 4.79 Å². The molecule has 1 heterocycles. The van der Waals surface area contributed by atoms with Crippen LogP contribution in [-0.2, 0) is 24.7 Å². The van der Waals surface area contributed by atoms with E-state index < -0.39 is 12.1 Å². The summed E-state index contributed by atoms with van der Waals surface area (Å²) in [6.07, 6.45) is 1.61. The number of carbonyl (C=O) groups excluding carboxylic acids is 1. The van der Waals surface area contributed by atoms with Crippen LogP contribution in [0.15, 0.2) is 39.6 Å². The van der Waals surface area contributed by atoms with Crippen molar-refractivity contribution in [3.05, 3.63) is 62.9 Å². The fourth-order valence-electron chi connectivity index (χ4n) is 3.88. The lowest BCUT2D eigenvalue weighted by Gasteiger charge is -2.24. The van der Waals surface area contributed by atoms with Gasteiger partial charge in [-0.05, 0) is 41.5 Å². The molecule has 0 saturated carbocycles. The molecule has 2 aromatic carbocycles. The molecule has 1 atom stereocenters. The van der Waals surface area contributed by atoms with Gasteiger partial charge in [0.25, 0.3) is 5.56 Å². The Bertz CT molecular complexity index is 1120. The lowest BCUT2D eigenvalue weighted by molar-refractivity contribution is -0.314. The van der Waals surface area contributed by atoms with Gasteiger partial charge in [0.15, 0.2) is 11.7 Å². The highest BCUT2D eigenvalue weighted by atomic mass is 16.5. The number of fused-ring (bicyclic) bond motifs is 1. The van der Waals surface area contributed by atoms with Crippen molar-refractivity contribution in [3.8, 4) is 5.75 Å². The van der Waals surface area contributed by atoms with Gasteiger partial charge < -0.3 is 19.2 Å². The van der Waals surface area contributed by atoms with Gasteiger partial charge in [0, 0.05) is 12.6 Å². The summed E-state index contributed by atoms with van der Waals surface area (Å²) in [7, 11) is 1.57. The topological polar surface area (TPSA) is 84.5 Å². The number of carboxylic acids is 1. The second-order valence-electron chi connectivity index (χ2n) is 8.25. The number of carboxylic acid groups (broad SMARTS) is 1. The van der Waals surface area contributed by atoms with Gasteiger partial charge in [-0.1, -0.05) is 64.8 Å². The third kappa shape index (κ3) is 4.53. The number of carbonyl (C=O) groups is 1. The molecular formula is C25H30NO5-. The van der Waals surface area contributed by atoms with E-state index in [9.17, 15) is 14.7 Å². The van der Waals surface area contributed by atoms with Crippen LogP contribution in [0.5, 0.6) is 5.75 Å². The van der Waals surface area contributed by atoms with Crippen LogP contribution in [0, 0.1) is 0 Å². The molecule has 3 rings (SSSR count). The Morgan fingerprint density at radius 3 is 2.26 bits per heavy atom. The molecule has 0 amide bonds. The van der Waals surface area contributed by atoms with E-state index in [2.05, 4.69) is 13.8 Å². The second-order valence-corrected chi connectivity index (χ2v) is 8.25. The highest BCUT2D eigenvalue weighted by Gasteiger charge is 2.24. The maximum atomic E-state index is 12.5. The Morgan fingerprint density at radius 1 is 1.10 bits per heavy atom. The van der Waals surface area contributed by atoms with Crippen LogP contribution in [0.3, 0.4) is 0 Å². The summed E-state index contributed by atoms with van der Waals surface area (Å²) in [4.78, 5) is 24.6. The molecule has 0 aliphatic carbocycles. The number of aryl methyl sites for hydroxylation is 3. The van der Waals surface area contributed by atoms with Crippen molar-refractivity contribution in [2.24, 2.45) is 7.05 Å². The SMILES string of the molecule is CCCc1cc2c(=O)n(C)oc2c(CCC)c1O[C@H](C(=O)[O-])c1ccc(C(C)C)cc1. The van der Waals surface area contributed by atoms with Gasteiger partial charge >= 0.3 is 0 Å². The lowest BCUT2D eigenvalue weighted by atomic mass is 9.97. The van der Waals surface area contributed by atoms with E-state index in [0.29, 0.717) is 41.0 Å². The van der Waals surface area contributed by atoms with Crippen LogP contribution in [0.2, 0.25) is 0 Å². The van der Waals surface area contributed by atoms with E-state index in [1.165, 1.54) is 4.74 Å². The molecule has 0 N–H and O–H groups in total. The molecule has 6 nitrogen and oxygen atoms in total. The van der Waals surface area contributed by atoms with Gasteiger partial charge in [0.2, 0.25) is 0 Å². The average molecular weight is 425 g/mol. The van der Waals surface area contributed by atoms with E-state index >= 15 is 0 Å². The molecule has 0 bridgehead atoms. The summed E-state index contributed by atoms with van der Waals surface area (Å²) >= 11 is 0. The fourth-order valence-corrected chi connectivity index (χ4v) is 3.88. The standard InChI is InChI=1S/C25H31NO5/c1-6-8-18-14-20-23(31-26(5)24(20)27)19(9-7-2)21(18)30-22(25(28)29)17-12-10-16(11-13-17)15(3)4/h10-15,22H,6-9H2,1-5H3,(H,28,29)/p-1/t22-/m0/s1. The van der Waals surface area contributed by atoms with Crippen molar-refractivity contribution in [3.63, 3.8) is 0 Å². The third-order valence-corrected chi connectivity index (χ3v) is 5.52. The van der Waals surface area contributed by atoms with Crippen molar-refractivity contribution in [2.45, 2.75) is 65.4 Å². The maximum absolute atomic E-state index is 12.5. The molecule has 0 spiro atoms. The first kappa shape index (κ1) is 22.7. The molecule has 0 aliphatic heterocycles. The Hall–Kier alpha value is -3.02. The number of rotatable bonds is 9. The molecular weight excluding hydrogens is 394 g/mol. The largest absolute Gasteiger partial charge is 0.546 e. The number of benzene rings is 2. The van der Waals surface area contributed by atoms with E-state index in [-0.39, 0.29) is 5.56 Å². The molecule has 31 heavy (non-hydrogen) atoms. The smallest absolute Gasteiger partial charge is 0.290 e. The molecule has 0 radical (unpaired) electrons. The predicted molar refractivity (Wildman–Crippen MR) is 118 cm³/mol. The Balaban J connectivity index is 2.16. The van der Waals surface area contributed by atoms with Gasteiger partial charge in [0.05, 0.1) is 11.4 Å². The first-order chi connectivity index (χ1) is 14.8. The Kier molecular flexibility index (Phi) is 6.88. The molecule has 0 aliphatic rings. The molecule has 3 aromatic rings. The molecule has 0 saturated heterocycles. The minimum absolute atomic E-state index is 0.211. The normalized spacial score (nSPS) is 12.5. The first-order valence-electron chi connectivity index (χ1n) is 10.9. The van der Waals surface area contributed by atoms with Crippen LogP contribution < -0.4 is 15.4 Å². The minimum Gasteiger partial charge on any atom is -0.546 e. The zero-order valence-electron chi connectivity index (χ0n) is 18.9. The van der Waals surface area contributed by atoms with Crippen LogP contribution in [0.4, 0.5) is 0 Å². The first-order valence-corrected chi connectivity index (χ1v) is 10.9. The number of nitrogens with zero attached hydrogens (tertiary/aromatic N) is 1. The summed E-state index contributed by atoms with van der Waals surface area (Å²) in [5.74, 6) is -0.489. The highest BCUT2D eigenvalue weighted by Crippen LogP contribution is 2.36. The second kappa shape index (κ2) is 9.41. The molecule has 1 aromatic heterocycles. The summed E-state index contributed by atoms with van der Waals surface area (Å²) < 4.78 is 13.1. The zero-order chi connectivity index (χ0) is 22.7. The number of aliphatic carboxylic acids is 1. The number of hydrogen-bond donors (Lipinski definition) is 0. The quantitative estimate of drug-likeness (QED) is 0.518. The molecule has 0 unspecified atom stereocenters. The van der Waals surface area contributed by atoms with E-state index in [1.54, 1.807) is 25.2 Å². The lowest BCUT2D eigenvalue weighted by Crippen LogP contribution is -2.33. The van der Waals surface area contributed by atoms with Crippen LogP contribution in [-0.4, -0.2) is 10.7 Å². The van der Waals surface area contributed by atoms with Crippen molar-refractivity contribution < 1.29 is 19.2 Å². The zero-order valence-corrected chi connectivity index (χ0v) is 18.9. The number of hydrogen-bond acceptors (Lipinski definition) is 5. The van der Waals surface area contributed by atoms with E-state index in [0.717, 1.165) is 29.5 Å². The summed E-state index contributed by atoms with van der Waals surface area (Å²) in [6.45, 7) is 8.21. The molecule has 166 valence electrons.